The Morgan fingerprint density at radius 2 is 2.03 bits per heavy atom. The molecule has 3 heterocycles. The zero-order chi connectivity index (χ0) is 24.6. The topological polar surface area (TPSA) is 89.0 Å². The van der Waals surface area contributed by atoms with Gasteiger partial charge in [0.1, 0.15) is 11.8 Å². The largest absolute Gasteiger partial charge is 0.497 e. The Bertz CT molecular complexity index is 1320. The number of anilines is 1. The predicted molar refractivity (Wildman–Crippen MR) is 136 cm³/mol. The monoisotopic (exact) mass is 535 g/mol. The van der Waals surface area contributed by atoms with E-state index in [-0.39, 0.29) is 23.5 Å². The van der Waals surface area contributed by atoms with Gasteiger partial charge in [0, 0.05) is 18.2 Å². The number of carbonyl (C=O) groups is 1. The Morgan fingerprint density at radius 3 is 2.74 bits per heavy atom. The van der Waals surface area contributed by atoms with E-state index in [1.807, 2.05) is 12.1 Å². The third-order valence-electron chi connectivity index (χ3n) is 6.40. The summed E-state index contributed by atoms with van der Waals surface area (Å²) in [7, 11) is -2.34. The Labute approximate surface area is 213 Å². The zero-order valence-electron chi connectivity index (χ0n) is 19.2. The zero-order valence-corrected chi connectivity index (χ0v) is 21.6. The SMILES string of the molecule is COc1ccc(S(=O)(=O)N2CCCC2C(=O)N(CC2CCCO2)c2nc3ccc(Cl)cc3s2)cc1. The van der Waals surface area contributed by atoms with Crippen LogP contribution in [0.3, 0.4) is 0 Å². The van der Waals surface area contributed by atoms with Gasteiger partial charge in [0.05, 0.1) is 34.9 Å². The van der Waals surface area contributed by atoms with E-state index < -0.39 is 16.1 Å². The number of benzene rings is 2. The minimum absolute atomic E-state index is 0.109. The van der Waals surface area contributed by atoms with Crippen molar-refractivity contribution >= 4 is 54.2 Å². The lowest BCUT2D eigenvalue weighted by molar-refractivity contribution is -0.122. The fourth-order valence-electron chi connectivity index (χ4n) is 4.59. The Balaban J connectivity index is 1.47. The number of sulfonamides is 1. The minimum Gasteiger partial charge on any atom is -0.497 e. The Morgan fingerprint density at radius 1 is 1.23 bits per heavy atom. The van der Waals surface area contributed by atoms with Crippen LogP contribution in [0.1, 0.15) is 25.7 Å². The van der Waals surface area contributed by atoms with Gasteiger partial charge in [-0.2, -0.15) is 4.31 Å². The van der Waals surface area contributed by atoms with E-state index in [0.29, 0.717) is 41.9 Å². The summed E-state index contributed by atoms with van der Waals surface area (Å²) in [5, 5.41) is 1.12. The summed E-state index contributed by atoms with van der Waals surface area (Å²) in [5.41, 5.74) is 0.744. The van der Waals surface area contributed by atoms with Crippen LogP contribution < -0.4 is 9.64 Å². The summed E-state index contributed by atoms with van der Waals surface area (Å²) in [5.74, 6) is 0.289. The molecular weight excluding hydrogens is 510 g/mol. The van der Waals surface area contributed by atoms with Crippen LogP contribution in [0.5, 0.6) is 5.75 Å². The fraction of sp³-hybridized carbons (Fsp3) is 0.417. The molecule has 1 amide bonds. The van der Waals surface area contributed by atoms with Crippen LogP contribution in [0.4, 0.5) is 5.13 Å². The quantitative estimate of drug-likeness (QED) is 0.447. The van der Waals surface area contributed by atoms with Crippen molar-refractivity contribution in [1.82, 2.24) is 9.29 Å². The summed E-state index contributed by atoms with van der Waals surface area (Å²) < 4.78 is 40.1. The molecule has 11 heteroatoms. The van der Waals surface area contributed by atoms with Gasteiger partial charge < -0.3 is 9.47 Å². The molecule has 0 radical (unpaired) electrons. The van der Waals surface area contributed by atoms with Crippen LogP contribution in [-0.2, 0) is 19.6 Å². The molecule has 2 aliphatic heterocycles. The maximum Gasteiger partial charge on any atom is 0.247 e. The predicted octanol–water partition coefficient (Wildman–Crippen LogP) is 4.32. The summed E-state index contributed by atoms with van der Waals surface area (Å²) in [4.78, 5) is 20.4. The number of ether oxygens (including phenoxy) is 2. The molecule has 0 N–H and O–H groups in total. The van der Waals surface area contributed by atoms with E-state index in [2.05, 4.69) is 4.98 Å². The van der Waals surface area contributed by atoms with Gasteiger partial charge in [-0.25, -0.2) is 13.4 Å². The molecule has 2 aliphatic rings. The lowest BCUT2D eigenvalue weighted by Crippen LogP contribution is -2.49. The van der Waals surface area contributed by atoms with Crippen LogP contribution in [0.2, 0.25) is 5.02 Å². The molecule has 2 unspecified atom stereocenters. The van der Waals surface area contributed by atoms with Gasteiger partial charge in [-0.15, -0.1) is 0 Å². The summed E-state index contributed by atoms with van der Waals surface area (Å²) in [6, 6.07) is 10.8. The molecule has 0 spiro atoms. The second-order valence-corrected chi connectivity index (χ2v) is 12.0. The normalized spacial score (nSPS) is 21.0. The van der Waals surface area contributed by atoms with Gasteiger partial charge in [-0.05, 0) is 68.1 Å². The number of halogens is 1. The fourth-order valence-corrected chi connectivity index (χ4v) is 7.50. The molecule has 0 bridgehead atoms. The number of rotatable bonds is 7. The smallest absolute Gasteiger partial charge is 0.247 e. The van der Waals surface area contributed by atoms with E-state index in [1.165, 1.54) is 34.9 Å². The van der Waals surface area contributed by atoms with Crippen LogP contribution >= 0.6 is 22.9 Å². The molecule has 8 nitrogen and oxygen atoms in total. The van der Waals surface area contributed by atoms with E-state index >= 15 is 0 Å². The van der Waals surface area contributed by atoms with Crippen molar-refractivity contribution in [2.45, 2.75) is 42.7 Å². The second-order valence-electron chi connectivity index (χ2n) is 8.64. The number of aromatic nitrogens is 1. The number of methoxy groups -OCH3 is 1. The first-order chi connectivity index (χ1) is 16.9. The van der Waals surface area contributed by atoms with Crippen molar-refractivity contribution in [3.8, 4) is 5.75 Å². The average molecular weight is 536 g/mol. The van der Waals surface area contributed by atoms with E-state index in [0.717, 1.165) is 23.1 Å². The Hall–Kier alpha value is -2.24. The molecule has 2 atom stereocenters. The van der Waals surface area contributed by atoms with E-state index in [4.69, 9.17) is 21.1 Å². The van der Waals surface area contributed by atoms with Gasteiger partial charge in [-0.1, -0.05) is 22.9 Å². The summed E-state index contributed by atoms with van der Waals surface area (Å²) >= 11 is 7.53. The number of nitrogens with zero attached hydrogens (tertiary/aromatic N) is 3. The standard InChI is InChI=1S/C24H26ClN3O5S2/c1-32-17-7-9-19(10-8-17)35(30,31)28-12-2-5-21(28)23(29)27(15-18-4-3-13-33-18)24-26-20-11-6-16(25)14-22(20)34-24/h6-11,14,18,21H,2-5,12-13,15H2,1H3. The number of hydrogen-bond acceptors (Lipinski definition) is 7. The number of thiazole rings is 1. The third kappa shape index (κ3) is 4.90. The molecule has 1 aromatic heterocycles. The van der Waals surface area contributed by atoms with Crippen molar-refractivity contribution in [2.75, 3.05) is 31.7 Å². The highest BCUT2D eigenvalue weighted by atomic mass is 35.5. The summed E-state index contributed by atoms with van der Waals surface area (Å²) in [6.07, 6.45) is 2.73. The van der Waals surface area contributed by atoms with Crippen LogP contribution in [0.15, 0.2) is 47.4 Å². The highest BCUT2D eigenvalue weighted by Gasteiger charge is 2.42. The lowest BCUT2D eigenvalue weighted by Gasteiger charge is -2.29. The third-order valence-corrected chi connectivity index (χ3v) is 9.60. The van der Waals surface area contributed by atoms with E-state index in [1.54, 1.807) is 23.1 Å². The van der Waals surface area contributed by atoms with Crippen LogP contribution in [0, 0.1) is 0 Å². The maximum atomic E-state index is 14.0. The first-order valence-corrected chi connectivity index (χ1v) is 14.2. The van der Waals surface area contributed by atoms with Gasteiger partial charge in [0.15, 0.2) is 5.13 Å². The molecule has 0 aliphatic carbocycles. The molecule has 2 fully saturated rings. The van der Waals surface area contributed by atoms with Crippen molar-refractivity contribution in [1.29, 1.82) is 0 Å². The van der Waals surface area contributed by atoms with Gasteiger partial charge in [0.2, 0.25) is 15.9 Å². The van der Waals surface area contributed by atoms with E-state index in [9.17, 15) is 13.2 Å². The van der Waals surface area contributed by atoms with Gasteiger partial charge >= 0.3 is 0 Å². The maximum absolute atomic E-state index is 14.0. The highest BCUT2D eigenvalue weighted by Crippen LogP contribution is 2.34. The van der Waals surface area contributed by atoms with Crippen LogP contribution in [-0.4, -0.2) is 62.6 Å². The highest BCUT2D eigenvalue weighted by molar-refractivity contribution is 7.89. The summed E-state index contributed by atoms with van der Waals surface area (Å²) in [6.45, 7) is 1.27. The second kappa shape index (κ2) is 10.0. The molecule has 2 saturated heterocycles. The van der Waals surface area contributed by atoms with Crippen molar-refractivity contribution in [2.24, 2.45) is 0 Å². The first kappa shape index (κ1) is 24.5. The molecule has 3 aromatic rings. The number of fused-ring (bicyclic) bond motifs is 1. The molecule has 5 rings (SSSR count). The number of hydrogen-bond donors (Lipinski definition) is 0. The molecular formula is C24H26ClN3O5S2. The van der Waals surface area contributed by atoms with Gasteiger partial charge in [-0.3, -0.25) is 9.69 Å². The first-order valence-electron chi connectivity index (χ1n) is 11.5. The number of carbonyl (C=O) groups excluding carboxylic acids is 1. The van der Waals surface area contributed by atoms with Crippen molar-refractivity contribution in [3.05, 3.63) is 47.5 Å². The lowest BCUT2D eigenvalue weighted by atomic mass is 10.2. The average Bonchev–Trinajstić information content (AvgIpc) is 3.62. The van der Waals surface area contributed by atoms with Crippen LogP contribution in [0.25, 0.3) is 10.2 Å². The van der Waals surface area contributed by atoms with Crippen molar-refractivity contribution in [3.63, 3.8) is 0 Å². The molecule has 0 saturated carbocycles. The minimum atomic E-state index is -3.87. The van der Waals surface area contributed by atoms with Gasteiger partial charge in [0.25, 0.3) is 0 Å². The Kier molecular flexibility index (Phi) is 7.00. The van der Waals surface area contributed by atoms with Crippen molar-refractivity contribution < 1.29 is 22.7 Å². The molecule has 35 heavy (non-hydrogen) atoms. The molecule has 186 valence electrons. The molecule has 2 aromatic carbocycles. The number of amides is 1.